The summed E-state index contributed by atoms with van der Waals surface area (Å²) in [5.41, 5.74) is 2.02. The monoisotopic (exact) mass is 316 g/mol. The Morgan fingerprint density at radius 1 is 1.39 bits per heavy atom. The summed E-state index contributed by atoms with van der Waals surface area (Å²) in [5, 5.41) is 9.49. The van der Waals surface area contributed by atoms with Gasteiger partial charge in [0.15, 0.2) is 5.96 Å². The third-order valence-electron chi connectivity index (χ3n) is 4.38. The number of rotatable bonds is 5. The minimum absolute atomic E-state index is 0.0790. The molecule has 2 atom stereocenters. The molecule has 0 spiro atoms. The molecule has 1 aromatic rings. The van der Waals surface area contributed by atoms with Gasteiger partial charge in [-0.2, -0.15) is 0 Å². The molecule has 2 unspecified atom stereocenters. The molecule has 0 aromatic heterocycles. The van der Waals surface area contributed by atoms with E-state index < -0.39 is 0 Å². The SMILES string of the molecule is CN=C(NCCC1C(=O)Nc2ccccc21)NCC1CCCO1. The van der Waals surface area contributed by atoms with Crippen LogP contribution in [0.2, 0.25) is 0 Å². The van der Waals surface area contributed by atoms with Crippen LogP contribution >= 0.6 is 0 Å². The van der Waals surface area contributed by atoms with Crippen molar-refractivity contribution in [3.05, 3.63) is 29.8 Å². The number of carbonyl (C=O) groups excluding carboxylic acids is 1. The number of amides is 1. The molecule has 3 rings (SSSR count). The fourth-order valence-corrected chi connectivity index (χ4v) is 3.13. The number of anilines is 1. The van der Waals surface area contributed by atoms with E-state index in [4.69, 9.17) is 4.74 Å². The van der Waals surface area contributed by atoms with Crippen LogP contribution in [0.15, 0.2) is 29.3 Å². The molecule has 1 aromatic carbocycles. The summed E-state index contributed by atoms with van der Waals surface area (Å²) in [6, 6.07) is 7.88. The predicted molar refractivity (Wildman–Crippen MR) is 90.8 cm³/mol. The highest BCUT2D eigenvalue weighted by atomic mass is 16.5. The smallest absolute Gasteiger partial charge is 0.232 e. The fourth-order valence-electron chi connectivity index (χ4n) is 3.13. The molecule has 2 aliphatic heterocycles. The maximum atomic E-state index is 12.1. The Kier molecular flexibility index (Phi) is 5.12. The lowest BCUT2D eigenvalue weighted by Gasteiger charge is -2.16. The van der Waals surface area contributed by atoms with Gasteiger partial charge >= 0.3 is 0 Å². The standard InChI is InChI=1S/C17H24N4O2/c1-18-17(20-11-12-5-4-10-23-12)19-9-8-14-13-6-2-3-7-15(13)21-16(14)22/h2-3,6-7,12,14H,4-5,8-11H2,1H3,(H,21,22)(H2,18,19,20). The van der Waals surface area contributed by atoms with Crippen molar-refractivity contribution in [2.45, 2.75) is 31.3 Å². The second-order valence-electron chi connectivity index (χ2n) is 5.93. The van der Waals surface area contributed by atoms with E-state index in [2.05, 4.69) is 20.9 Å². The summed E-state index contributed by atoms with van der Waals surface area (Å²) >= 11 is 0. The van der Waals surface area contributed by atoms with Crippen LogP contribution in [-0.4, -0.2) is 44.7 Å². The second-order valence-corrected chi connectivity index (χ2v) is 5.93. The van der Waals surface area contributed by atoms with E-state index in [0.29, 0.717) is 6.54 Å². The first-order chi connectivity index (χ1) is 11.3. The third-order valence-corrected chi connectivity index (χ3v) is 4.38. The first kappa shape index (κ1) is 15.8. The zero-order chi connectivity index (χ0) is 16.1. The van der Waals surface area contributed by atoms with Crippen molar-refractivity contribution in [1.29, 1.82) is 0 Å². The molecule has 0 radical (unpaired) electrons. The van der Waals surface area contributed by atoms with Gasteiger partial charge in [-0.05, 0) is 30.9 Å². The normalized spacial score (nSPS) is 23.5. The van der Waals surface area contributed by atoms with Crippen LogP contribution in [0, 0.1) is 0 Å². The van der Waals surface area contributed by atoms with E-state index in [1.54, 1.807) is 7.05 Å². The predicted octanol–water partition coefficient (Wildman–Crippen LogP) is 1.46. The Morgan fingerprint density at radius 2 is 2.26 bits per heavy atom. The zero-order valence-corrected chi connectivity index (χ0v) is 13.5. The molecule has 124 valence electrons. The van der Waals surface area contributed by atoms with Gasteiger partial charge in [-0.25, -0.2) is 0 Å². The van der Waals surface area contributed by atoms with Gasteiger partial charge in [0, 0.05) is 32.4 Å². The van der Waals surface area contributed by atoms with E-state index in [9.17, 15) is 4.79 Å². The van der Waals surface area contributed by atoms with Gasteiger partial charge in [0.25, 0.3) is 0 Å². The van der Waals surface area contributed by atoms with Crippen molar-refractivity contribution < 1.29 is 9.53 Å². The lowest BCUT2D eigenvalue weighted by atomic mass is 9.97. The molecule has 1 amide bonds. The Balaban J connectivity index is 1.45. The van der Waals surface area contributed by atoms with E-state index >= 15 is 0 Å². The van der Waals surface area contributed by atoms with Crippen LogP contribution in [0.5, 0.6) is 0 Å². The second kappa shape index (κ2) is 7.46. The average Bonchev–Trinajstić information content (AvgIpc) is 3.18. The summed E-state index contributed by atoms with van der Waals surface area (Å²) in [7, 11) is 1.75. The lowest BCUT2D eigenvalue weighted by Crippen LogP contribution is -2.41. The van der Waals surface area contributed by atoms with Crippen molar-refractivity contribution in [3.63, 3.8) is 0 Å². The van der Waals surface area contributed by atoms with E-state index in [1.165, 1.54) is 0 Å². The number of benzene rings is 1. The number of hydrogen-bond acceptors (Lipinski definition) is 3. The van der Waals surface area contributed by atoms with Crippen molar-refractivity contribution in [2.75, 3.05) is 32.1 Å². The van der Waals surface area contributed by atoms with Gasteiger partial charge in [-0.1, -0.05) is 18.2 Å². The van der Waals surface area contributed by atoms with Crippen molar-refractivity contribution in [2.24, 2.45) is 4.99 Å². The van der Waals surface area contributed by atoms with Crippen molar-refractivity contribution >= 4 is 17.6 Å². The van der Waals surface area contributed by atoms with Crippen LogP contribution in [0.4, 0.5) is 5.69 Å². The molecule has 6 heteroatoms. The number of guanidine groups is 1. The number of fused-ring (bicyclic) bond motifs is 1. The minimum atomic E-state index is -0.0880. The van der Waals surface area contributed by atoms with Crippen LogP contribution < -0.4 is 16.0 Å². The van der Waals surface area contributed by atoms with E-state index in [1.807, 2.05) is 24.3 Å². The Hall–Kier alpha value is -2.08. The number of para-hydroxylation sites is 1. The summed E-state index contributed by atoms with van der Waals surface area (Å²) in [4.78, 5) is 16.3. The molecule has 0 saturated carbocycles. The number of ether oxygens (including phenoxy) is 1. The van der Waals surface area contributed by atoms with Crippen LogP contribution in [0.25, 0.3) is 0 Å². The van der Waals surface area contributed by atoms with E-state index in [-0.39, 0.29) is 17.9 Å². The Bertz CT molecular complexity index is 582. The summed E-state index contributed by atoms with van der Waals surface area (Å²) < 4.78 is 5.59. The van der Waals surface area contributed by atoms with Crippen LogP contribution in [-0.2, 0) is 9.53 Å². The highest BCUT2D eigenvalue weighted by molar-refractivity contribution is 6.02. The van der Waals surface area contributed by atoms with E-state index in [0.717, 1.165) is 49.6 Å². The van der Waals surface area contributed by atoms with Gasteiger partial charge < -0.3 is 20.7 Å². The molecule has 2 aliphatic rings. The Morgan fingerprint density at radius 3 is 3.04 bits per heavy atom. The maximum absolute atomic E-state index is 12.1. The molecule has 1 fully saturated rings. The minimum Gasteiger partial charge on any atom is -0.376 e. The number of aliphatic imine (C=N–C) groups is 1. The molecule has 6 nitrogen and oxygen atoms in total. The van der Waals surface area contributed by atoms with Gasteiger partial charge in [0.05, 0.1) is 12.0 Å². The molecule has 0 bridgehead atoms. The van der Waals surface area contributed by atoms with Crippen molar-refractivity contribution in [3.8, 4) is 0 Å². The largest absolute Gasteiger partial charge is 0.376 e. The highest BCUT2D eigenvalue weighted by Gasteiger charge is 2.29. The number of hydrogen-bond donors (Lipinski definition) is 3. The lowest BCUT2D eigenvalue weighted by molar-refractivity contribution is -0.117. The molecular formula is C17H24N4O2. The molecule has 3 N–H and O–H groups in total. The molecule has 0 aliphatic carbocycles. The maximum Gasteiger partial charge on any atom is 0.232 e. The van der Waals surface area contributed by atoms with Crippen LogP contribution in [0.1, 0.15) is 30.7 Å². The number of nitrogens with one attached hydrogen (secondary N) is 3. The first-order valence-corrected chi connectivity index (χ1v) is 8.24. The Labute approximate surface area is 136 Å². The highest BCUT2D eigenvalue weighted by Crippen LogP contribution is 2.33. The topological polar surface area (TPSA) is 74.8 Å². The average molecular weight is 316 g/mol. The quantitative estimate of drug-likeness (QED) is 0.568. The van der Waals surface area contributed by atoms with Crippen LogP contribution in [0.3, 0.4) is 0 Å². The number of carbonyl (C=O) groups is 1. The first-order valence-electron chi connectivity index (χ1n) is 8.24. The summed E-state index contributed by atoms with van der Waals surface area (Å²) in [6.07, 6.45) is 3.25. The summed E-state index contributed by atoms with van der Waals surface area (Å²) in [6.45, 7) is 2.32. The van der Waals surface area contributed by atoms with Crippen molar-refractivity contribution in [1.82, 2.24) is 10.6 Å². The van der Waals surface area contributed by atoms with Gasteiger partial charge in [-0.15, -0.1) is 0 Å². The third kappa shape index (κ3) is 3.82. The summed E-state index contributed by atoms with van der Waals surface area (Å²) in [5.74, 6) is 0.748. The molecular weight excluding hydrogens is 292 g/mol. The van der Waals surface area contributed by atoms with Gasteiger partial charge in [-0.3, -0.25) is 9.79 Å². The molecule has 23 heavy (non-hydrogen) atoms. The number of nitrogens with zero attached hydrogens (tertiary/aromatic N) is 1. The van der Waals surface area contributed by atoms with Gasteiger partial charge in [0.2, 0.25) is 5.91 Å². The zero-order valence-electron chi connectivity index (χ0n) is 13.5. The molecule has 2 heterocycles. The molecule has 1 saturated heterocycles. The van der Waals surface area contributed by atoms with Gasteiger partial charge in [0.1, 0.15) is 0 Å². The fraction of sp³-hybridized carbons (Fsp3) is 0.529.